The van der Waals surface area contributed by atoms with Crippen LogP contribution in [0.2, 0.25) is 0 Å². The van der Waals surface area contributed by atoms with Crippen LogP contribution in [0.1, 0.15) is 50.6 Å². The van der Waals surface area contributed by atoms with Crippen LogP contribution >= 0.6 is 0 Å². The van der Waals surface area contributed by atoms with Crippen molar-refractivity contribution in [3.63, 3.8) is 0 Å². The number of amides is 1. The van der Waals surface area contributed by atoms with Crippen LogP contribution in [0, 0.1) is 5.92 Å². The zero-order valence-electron chi connectivity index (χ0n) is 13.3. The quantitative estimate of drug-likeness (QED) is 0.879. The first-order valence-corrected chi connectivity index (χ1v) is 8.47. The Labute approximate surface area is 132 Å². The molecule has 0 radical (unpaired) electrons. The summed E-state index contributed by atoms with van der Waals surface area (Å²) >= 11 is 0. The second-order valence-corrected chi connectivity index (χ2v) is 6.63. The number of carbonyl (C=O) groups excluding carboxylic acids is 1. The molecule has 1 aromatic rings. The molecule has 1 aliphatic heterocycles. The lowest BCUT2D eigenvalue weighted by molar-refractivity contribution is -0.117. The van der Waals surface area contributed by atoms with E-state index in [0.717, 1.165) is 44.5 Å². The van der Waals surface area contributed by atoms with Gasteiger partial charge in [0.15, 0.2) is 0 Å². The Morgan fingerprint density at radius 3 is 2.91 bits per heavy atom. The van der Waals surface area contributed by atoms with E-state index >= 15 is 0 Å². The molecule has 4 heteroatoms. The number of aliphatic hydroxyl groups excluding tert-OH is 1. The number of benzene rings is 1. The standard InChI is InChI=1S/C18H26N2O2/c1-13(19-12-15-6-3-8-17(15)21)14-5-2-7-16(11-14)20-10-4-9-18(20)22/h2,5,7,11,13,15,17,19,21H,3-4,6,8-10,12H2,1H3. The molecule has 0 bridgehead atoms. The third kappa shape index (κ3) is 3.33. The molecule has 1 aromatic carbocycles. The average molecular weight is 302 g/mol. The molecule has 2 aliphatic rings. The van der Waals surface area contributed by atoms with E-state index in [-0.39, 0.29) is 18.1 Å². The summed E-state index contributed by atoms with van der Waals surface area (Å²) in [7, 11) is 0. The normalized spacial score (nSPS) is 26.6. The molecule has 1 heterocycles. The summed E-state index contributed by atoms with van der Waals surface area (Å²) in [5.41, 5.74) is 2.21. The highest BCUT2D eigenvalue weighted by Crippen LogP contribution is 2.27. The second-order valence-electron chi connectivity index (χ2n) is 6.63. The Morgan fingerprint density at radius 2 is 2.23 bits per heavy atom. The molecule has 1 saturated carbocycles. The first kappa shape index (κ1) is 15.5. The topological polar surface area (TPSA) is 52.6 Å². The van der Waals surface area contributed by atoms with Crippen molar-refractivity contribution in [2.75, 3.05) is 18.0 Å². The number of nitrogens with zero attached hydrogens (tertiary/aromatic N) is 1. The van der Waals surface area contributed by atoms with Gasteiger partial charge in [0.1, 0.15) is 0 Å². The molecule has 2 fully saturated rings. The van der Waals surface area contributed by atoms with Gasteiger partial charge in [0.2, 0.25) is 5.91 Å². The van der Waals surface area contributed by atoms with Gasteiger partial charge in [-0.05, 0) is 49.8 Å². The van der Waals surface area contributed by atoms with Crippen LogP contribution in [0.5, 0.6) is 0 Å². The lowest BCUT2D eigenvalue weighted by atomic mass is 10.0. The molecule has 22 heavy (non-hydrogen) atoms. The van der Waals surface area contributed by atoms with E-state index in [1.54, 1.807) is 0 Å². The fourth-order valence-electron chi connectivity index (χ4n) is 3.58. The monoisotopic (exact) mass is 302 g/mol. The molecule has 3 rings (SSSR count). The van der Waals surface area contributed by atoms with Crippen molar-refractivity contribution in [2.45, 2.75) is 51.2 Å². The predicted molar refractivity (Wildman–Crippen MR) is 87.8 cm³/mol. The maximum absolute atomic E-state index is 11.9. The van der Waals surface area contributed by atoms with Gasteiger partial charge in [-0.2, -0.15) is 0 Å². The summed E-state index contributed by atoms with van der Waals surface area (Å²) in [6, 6.07) is 8.49. The maximum atomic E-state index is 11.9. The lowest BCUT2D eigenvalue weighted by Gasteiger charge is -2.22. The molecule has 3 unspecified atom stereocenters. The number of anilines is 1. The fourth-order valence-corrected chi connectivity index (χ4v) is 3.58. The van der Waals surface area contributed by atoms with Crippen molar-refractivity contribution in [3.8, 4) is 0 Å². The van der Waals surface area contributed by atoms with Gasteiger partial charge in [-0.15, -0.1) is 0 Å². The van der Waals surface area contributed by atoms with Crippen molar-refractivity contribution in [3.05, 3.63) is 29.8 Å². The maximum Gasteiger partial charge on any atom is 0.227 e. The minimum absolute atomic E-state index is 0.145. The smallest absolute Gasteiger partial charge is 0.227 e. The molecule has 4 nitrogen and oxygen atoms in total. The zero-order valence-corrected chi connectivity index (χ0v) is 13.3. The van der Waals surface area contributed by atoms with Crippen molar-refractivity contribution >= 4 is 11.6 Å². The molecule has 0 spiro atoms. The number of nitrogens with one attached hydrogen (secondary N) is 1. The second kappa shape index (κ2) is 6.80. The van der Waals surface area contributed by atoms with Crippen molar-refractivity contribution < 1.29 is 9.90 Å². The summed E-state index contributed by atoms with van der Waals surface area (Å²) in [6.07, 6.45) is 4.66. The largest absolute Gasteiger partial charge is 0.393 e. The first-order chi connectivity index (χ1) is 10.6. The van der Waals surface area contributed by atoms with Gasteiger partial charge in [-0.25, -0.2) is 0 Å². The number of rotatable bonds is 5. The summed E-state index contributed by atoms with van der Waals surface area (Å²) in [5.74, 6) is 0.609. The molecule has 0 aromatic heterocycles. The van der Waals surface area contributed by atoms with E-state index in [1.165, 1.54) is 5.56 Å². The molecule has 120 valence electrons. The summed E-state index contributed by atoms with van der Waals surface area (Å²) < 4.78 is 0. The van der Waals surface area contributed by atoms with Crippen molar-refractivity contribution in [2.24, 2.45) is 5.92 Å². The van der Waals surface area contributed by atoms with E-state index in [0.29, 0.717) is 12.3 Å². The number of hydrogen-bond acceptors (Lipinski definition) is 3. The van der Waals surface area contributed by atoms with E-state index < -0.39 is 0 Å². The van der Waals surface area contributed by atoms with Gasteiger partial charge in [-0.3, -0.25) is 4.79 Å². The van der Waals surface area contributed by atoms with E-state index in [2.05, 4.69) is 24.4 Å². The van der Waals surface area contributed by atoms with Crippen LogP contribution in [-0.4, -0.2) is 30.2 Å². The Kier molecular flexibility index (Phi) is 4.79. The van der Waals surface area contributed by atoms with Crippen LogP contribution in [0.4, 0.5) is 5.69 Å². The fraction of sp³-hybridized carbons (Fsp3) is 0.611. The molecule has 1 aliphatic carbocycles. The third-order valence-electron chi connectivity index (χ3n) is 5.06. The van der Waals surface area contributed by atoms with Gasteiger partial charge in [0.05, 0.1) is 6.10 Å². The summed E-state index contributed by atoms with van der Waals surface area (Å²) in [4.78, 5) is 13.8. The van der Waals surface area contributed by atoms with E-state index in [4.69, 9.17) is 0 Å². The highest BCUT2D eigenvalue weighted by Gasteiger charge is 2.25. The van der Waals surface area contributed by atoms with Crippen LogP contribution < -0.4 is 10.2 Å². The predicted octanol–water partition coefficient (Wildman–Crippen LogP) is 2.63. The Hall–Kier alpha value is -1.39. The van der Waals surface area contributed by atoms with E-state index in [1.807, 2.05) is 17.0 Å². The van der Waals surface area contributed by atoms with Crippen LogP contribution in [0.3, 0.4) is 0 Å². The van der Waals surface area contributed by atoms with Gasteiger partial charge in [-0.1, -0.05) is 18.6 Å². The van der Waals surface area contributed by atoms with Gasteiger partial charge in [0, 0.05) is 31.2 Å². The van der Waals surface area contributed by atoms with Gasteiger partial charge < -0.3 is 15.3 Å². The molecule has 2 N–H and O–H groups in total. The third-order valence-corrected chi connectivity index (χ3v) is 5.06. The van der Waals surface area contributed by atoms with Gasteiger partial charge in [0.25, 0.3) is 0 Å². The average Bonchev–Trinajstić information content (AvgIpc) is 3.13. The Morgan fingerprint density at radius 1 is 1.36 bits per heavy atom. The number of carbonyl (C=O) groups is 1. The molecule has 3 atom stereocenters. The van der Waals surface area contributed by atoms with Crippen LogP contribution in [-0.2, 0) is 4.79 Å². The van der Waals surface area contributed by atoms with Crippen molar-refractivity contribution in [1.29, 1.82) is 0 Å². The molecule has 1 amide bonds. The summed E-state index contributed by atoms with van der Waals surface area (Å²) in [6.45, 7) is 3.83. The first-order valence-electron chi connectivity index (χ1n) is 8.47. The lowest BCUT2D eigenvalue weighted by Crippen LogP contribution is -2.30. The number of aliphatic hydroxyl groups is 1. The summed E-state index contributed by atoms with van der Waals surface area (Å²) in [5, 5.41) is 13.4. The highest BCUT2D eigenvalue weighted by atomic mass is 16.3. The minimum atomic E-state index is -0.145. The van der Waals surface area contributed by atoms with E-state index in [9.17, 15) is 9.90 Å². The SMILES string of the molecule is CC(NCC1CCCC1O)c1cccc(N2CCCC2=O)c1. The minimum Gasteiger partial charge on any atom is -0.393 e. The van der Waals surface area contributed by atoms with Crippen LogP contribution in [0.25, 0.3) is 0 Å². The highest BCUT2D eigenvalue weighted by molar-refractivity contribution is 5.95. The molecular formula is C18H26N2O2. The Bertz CT molecular complexity index is 532. The Balaban J connectivity index is 1.62. The van der Waals surface area contributed by atoms with Gasteiger partial charge >= 0.3 is 0 Å². The van der Waals surface area contributed by atoms with Crippen LogP contribution in [0.15, 0.2) is 24.3 Å². The molecular weight excluding hydrogens is 276 g/mol. The van der Waals surface area contributed by atoms with Crippen molar-refractivity contribution in [1.82, 2.24) is 5.32 Å². The molecule has 1 saturated heterocycles. The number of hydrogen-bond donors (Lipinski definition) is 2. The zero-order chi connectivity index (χ0) is 15.5.